The molecule has 0 spiro atoms. The smallest absolute Gasteiger partial charge is 0.295 e. The molecule has 3 rings (SSSR count). The molecule has 0 bridgehead atoms. The molecule has 18 heteroatoms. The van der Waals surface area contributed by atoms with Crippen LogP contribution in [0.4, 0.5) is 11.4 Å². The van der Waals surface area contributed by atoms with Crippen molar-refractivity contribution in [1.82, 2.24) is 0 Å². The van der Waals surface area contributed by atoms with E-state index in [1.54, 1.807) is 0 Å². The van der Waals surface area contributed by atoms with Gasteiger partial charge in [0.15, 0.2) is 6.29 Å². The van der Waals surface area contributed by atoms with Crippen molar-refractivity contribution in [2.24, 2.45) is 15.3 Å². The fourth-order valence-corrected chi connectivity index (χ4v) is 4.86. The molecule has 0 unspecified atom stereocenters. The summed E-state index contributed by atoms with van der Waals surface area (Å²) in [4.78, 5) is 9.46. The number of hydrazone groups is 1. The van der Waals surface area contributed by atoms with Gasteiger partial charge in [-0.15, -0.1) is 10.2 Å². The second-order valence-corrected chi connectivity index (χ2v) is 11.9. The number of hydrogen-bond donors (Lipinski definition) is 5. The Kier molecular flexibility index (Phi) is 8.29. The summed E-state index contributed by atoms with van der Waals surface area (Å²) in [7, 11) is -14.3. The minimum Gasteiger partial charge on any atom is -0.505 e. The molecule has 0 fully saturated rings. The van der Waals surface area contributed by atoms with Gasteiger partial charge in [-0.05, 0) is 55.0 Å². The summed E-state index contributed by atoms with van der Waals surface area (Å²) in [5, 5.41) is 21.7. The number of nitrogens with zero attached hydrogens (tertiary/aromatic N) is 3. The van der Waals surface area contributed by atoms with E-state index < -0.39 is 56.6 Å². The van der Waals surface area contributed by atoms with Crippen LogP contribution in [0.2, 0.25) is 0 Å². The molecule has 0 saturated carbocycles. The summed E-state index contributed by atoms with van der Waals surface area (Å²) < 4.78 is 98.4. The highest BCUT2D eigenvalue weighted by atomic mass is 32.2. The van der Waals surface area contributed by atoms with Crippen LogP contribution in [0.3, 0.4) is 0 Å². The number of aromatic hydroxyl groups is 1. The van der Waals surface area contributed by atoms with E-state index in [1.807, 2.05) is 0 Å². The monoisotopic (exact) mass is 598 g/mol. The summed E-state index contributed by atoms with van der Waals surface area (Å²) in [5.74, 6) is -1.12. The van der Waals surface area contributed by atoms with Gasteiger partial charge in [-0.25, -0.2) is 0 Å². The van der Waals surface area contributed by atoms with Gasteiger partial charge in [-0.2, -0.15) is 30.4 Å². The predicted molar refractivity (Wildman–Crippen MR) is 135 cm³/mol. The minimum absolute atomic E-state index is 0.00184. The van der Waals surface area contributed by atoms with Crippen LogP contribution in [0.25, 0.3) is 0 Å². The molecule has 0 amide bonds. The number of aldehydes is 1. The third-order valence-corrected chi connectivity index (χ3v) is 7.53. The van der Waals surface area contributed by atoms with Crippen molar-refractivity contribution in [1.29, 1.82) is 0 Å². The molecule has 0 atom stereocenters. The normalized spacial score (nSPS) is 13.0. The number of phenolic OH excluding ortho intramolecular Hbond substituents is 1. The highest BCUT2D eigenvalue weighted by Crippen LogP contribution is 2.31. The zero-order valence-corrected chi connectivity index (χ0v) is 21.9. The van der Waals surface area contributed by atoms with Crippen molar-refractivity contribution >= 4 is 53.9 Å². The second kappa shape index (κ2) is 11.0. The Balaban J connectivity index is 2.24. The third kappa shape index (κ3) is 7.07. The first-order valence-electron chi connectivity index (χ1n) is 10.2. The molecular formula is C21H18N4O11S3. The third-order valence-electron chi connectivity index (χ3n) is 4.94. The topological polar surface area (TPSA) is 250 Å². The van der Waals surface area contributed by atoms with Crippen molar-refractivity contribution in [3.8, 4) is 5.75 Å². The van der Waals surface area contributed by atoms with E-state index in [-0.39, 0.29) is 28.1 Å². The number of carbonyl (C=O) groups excluding carboxylic acids is 1. The maximum absolute atomic E-state index is 11.9. The number of benzene rings is 3. The van der Waals surface area contributed by atoms with Crippen molar-refractivity contribution < 1.29 is 48.8 Å². The maximum atomic E-state index is 11.9. The fraction of sp³-hybridized carbons (Fsp3) is 0.0476. The first kappa shape index (κ1) is 29.5. The van der Waals surface area contributed by atoms with E-state index in [1.165, 1.54) is 19.1 Å². The number of amidine groups is 1. The molecule has 3 aromatic carbocycles. The standard InChI is InChI=1S/C21H18N4O11S3/c1-12-8-15(38(31,32)33)10-18(20(12)27)23-25-21(16-4-2-3-5-19(16)39(34,35)36)24-22-17-9-14(37(28,29)30)7-6-13(17)11-26/h2-11,23,27H,1H3,(H,28,29,30)(H,31,32,33)(H,34,35,36)/b24-22?,25-21-. The number of nitrogens with one attached hydrogen (secondary N) is 1. The SMILES string of the molecule is Cc1cc(S(=O)(=O)O)cc(N/N=C(\N=Nc2cc(S(=O)(=O)O)ccc2C=O)c2ccccc2S(=O)(=O)O)c1O. The number of carbonyl (C=O) groups is 1. The van der Waals surface area contributed by atoms with E-state index in [2.05, 4.69) is 20.8 Å². The molecule has 0 aliphatic heterocycles. The van der Waals surface area contributed by atoms with Crippen molar-refractivity contribution in [3.63, 3.8) is 0 Å². The fourth-order valence-electron chi connectivity index (χ4n) is 3.08. The van der Waals surface area contributed by atoms with Crippen LogP contribution in [0.5, 0.6) is 5.75 Å². The molecule has 0 aromatic heterocycles. The number of aryl methyl sites for hydroxylation is 1. The minimum atomic E-state index is -4.86. The number of phenols is 1. The molecule has 5 N–H and O–H groups in total. The lowest BCUT2D eigenvalue weighted by Crippen LogP contribution is -2.09. The second-order valence-electron chi connectivity index (χ2n) is 7.64. The van der Waals surface area contributed by atoms with E-state index in [0.717, 1.165) is 42.5 Å². The van der Waals surface area contributed by atoms with E-state index in [9.17, 15) is 48.8 Å². The molecule has 206 valence electrons. The molecule has 39 heavy (non-hydrogen) atoms. The van der Waals surface area contributed by atoms with Gasteiger partial charge >= 0.3 is 0 Å². The average molecular weight is 599 g/mol. The Morgan fingerprint density at radius 2 is 1.49 bits per heavy atom. The van der Waals surface area contributed by atoms with Crippen LogP contribution in [0.15, 0.2) is 84.6 Å². The van der Waals surface area contributed by atoms with Crippen LogP contribution in [-0.2, 0) is 30.4 Å². The number of hydrogen-bond acceptors (Lipinski definition) is 11. The number of anilines is 1. The summed E-state index contributed by atoms with van der Waals surface area (Å²) in [6, 6.07) is 9.27. The van der Waals surface area contributed by atoms with Gasteiger partial charge in [0.05, 0.1) is 21.2 Å². The van der Waals surface area contributed by atoms with Crippen LogP contribution < -0.4 is 5.43 Å². The lowest BCUT2D eigenvalue weighted by Gasteiger charge is -2.11. The zero-order valence-electron chi connectivity index (χ0n) is 19.5. The van der Waals surface area contributed by atoms with Gasteiger partial charge in [0.25, 0.3) is 30.4 Å². The van der Waals surface area contributed by atoms with Crippen molar-refractivity contribution in [2.75, 3.05) is 5.43 Å². The summed E-state index contributed by atoms with van der Waals surface area (Å²) >= 11 is 0. The molecule has 3 aromatic rings. The molecule has 0 aliphatic rings. The summed E-state index contributed by atoms with van der Waals surface area (Å²) in [6.45, 7) is 1.32. The zero-order chi connectivity index (χ0) is 29.2. The van der Waals surface area contributed by atoms with Gasteiger partial charge in [-0.1, -0.05) is 12.1 Å². The largest absolute Gasteiger partial charge is 0.505 e. The number of azo groups is 1. The van der Waals surface area contributed by atoms with Crippen LogP contribution >= 0.6 is 0 Å². The Morgan fingerprint density at radius 3 is 2.08 bits per heavy atom. The first-order chi connectivity index (χ1) is 18.0. The molecule has 0 radical (unpaired) electrons. The maximum Gasteiger partial charge on any atom is 0.295 e. The first-order valence-corrected chi connectivity index (χ1v) is 14.5. The number of rotatable bonds is 8. The molecule has 0 heterocycles. The molecule has 0 aliphatic carbocycles. The lowest BCUT2D eigenvalue weighted by molar-refractivity contribution is 0.112. The van der Waals surface area contributed by atoms with E-state index in [4.69, 9.17) is 0 Å². The molecular weight excluding hydrogens is 580 g/mol. The Bertz CT molecular complexity index is 1850. The van der Waals surface area contributed by atoms with Gasteiger partial charge in [0.1, 0.15) is 10.6 Å². The molecule has 0 saturated heterocycles. The Labute approximate surface area is 221 Å². The highest BCUT2D eigenvalue weighted by Gasteiger charge is 2.21. The van der Waals surface area contributed by atoms with Crippen LogP contribution in [-0.4, -0.2) is 56.1 Å². The summed E-state index contributed by atoms with van der Waals surface area (Å²) in [6.07, 6.45) is 0.297. The average Bonchev–Trinajstić information content (AvgIpc) is 2.84. The molecule has 15 nitrogen and oxygen atoms in total. The van der Waals surface area contributed by atoms with Crippen LogP contribution in [0, 0.1) is 6.92 Å². The Morgan fingerprint density at radius 1 is 0.846 bits per heavy atom. The lowest BCUT2D eigenvalue weighted by atomic mass is 10.2. The predicted octanol–water partition coefficient (Wildman–Crippen LogP) is 2.81. The van der Waals surface area contributed by atoms with E-state index in [0.29, 0.717) is 6.29 Å². The van der Waals surface area contributed by atoms with Gasteiger partial charge in [0, 0.05) is 11.1 Å². The highest BCUT2D eigenvalue weighted by molar-refractivity contribution is 7.86. The van der Waals surface area contributed by atoms with Gasteiger partial charge < -0.3 is 5.11 Å². The van der Waals surface area contributed by atoms with Crippen LogP contribution in [0.1, 0.15) is 21.5 Å². The quantitative estimate of drug-likeness (QED) is 0.0477. The van der Waals surface area contributed by atoms with Gasteiger partial charge in [0.2, 0.25) is 5.84 Å². The Hall–Kier alpha value is -4.07. The van der Waals surface area contributed by atoms with Crippen molar-refractivity contribution in [2.45, 2.75) is 21.6 Å². The summed E-state index contributed by atoms with van der Waals surface area (Å²) in [5.41, 5.74) is 0.966. The van der Waals surface area contributed by atoms with Crippen molar-refractivity contribution in [3.05, 3.63) is 71.3 Å². The van der Waals surface area contributed by atoms with Gasteiger partial charge in [-0.3, -0.25) is 23.9 Å². The van der Waals surface area contributed by atoms with E-state index >= 15 is 0 Å².